The number of nitrogens with one attached hydrogen (secondary N) is 1. The molecule has 0 heterocycles. The van der Waals surface area contributed by atoms with Crippen LogP contribution in [0.3, 0.4) is 0 Å². The summed E-state index contributed by atoms with van der Waals surface area (Å²) in [6, 6.07) is 7.69. The number of hydrogen-bond donors (Lipinski definition) is 2. The number of carbonyl (C=O) groups is 1. The standard InChI is InChI=1S/C8H9NO5S/c10-6-8(11)9-15(12,13)14-7-4-2-1-3-5-7/h1-5,10H,6H2,(H,9,11). The van der Waals surface area contributed by atoms with Crippen molar-refractivity contribution in [3.63, 3.8) is 0 Å². The largest absolute Gasteiger partial charge is 0.409 e. The molecule has 1 amide bonds. The average molecular weight is 231 g/mol. The van der Waals surface area contributed by atoms with Crippen molar-refractivity contribution in [2.45, 2.75) is 0 Å². The van der Waals surface area contributed by atoms with Crippen molar-refractivity contribution in [2.75, 3.05) is 6.61 Å². The molecule has 1 rings (SSSR count). The Morgan fingerprint density at radius 2 is 1.93 bits per heavy atom. The van der Waals surface area contributed by atoms with E-state index < -0.39 is 22.8 Å². The van der Waals surface area contributed by atoms with E-state index in [2.05, 4.69) is 4.18 Å². The maximum absolute atomic E-state index is 11.1. The molecular weight excluding hydrogens is 222 g/mol. The fraction of sp³-hybridized carbons (Fsp3) is 0.125. The molecule has 0 spiro atoms. The van der Waals surface area contributed by atoms with E-state index in [0.717, 1.165) is 0 Å². The summed E-state index contributed by atoms with van der Waals surface area (Å²) in [4.78, 5) is 10.6. The minimum absolute atomic E-state index is 0.0794. The summed E-state index contributed by atoms with van der Waals surface area (Å²) in [5, 5.41) is 8.33. The molecule has 0 atom stereocenters. The molecule has 1 aromatic rings. The summed E-state index contributed by atoms with van der Waals surface area (Å²) < 4.78 is 28.2. The second kappa shape index (κ2) is 4.76. The van der Waals surface area contributed by atoms with Gasteiger partial charge in [0.2, 0.25) is 0 Å². The predicted molar refractivity (Wildman–Crippen MR) is 51.2 cm³/mol. The molecule has 0 radical (unpaired) electrons. The topological polar surface area (TPSA) is 92.7 Å². The SMILES string of the molecule is O=C(CO)NS(=O)(=O)Oc1ccccc1. The maximum atomic E-state index is 11.1. The van der Waals surface area contributed by atoms with Crippen molar-refractivity contribution in [3.8, 4) is 5.75 Å². The van der Waals surface area contributed by atoms with Crippen LogP contribution < -0.4 is 8.91 Å². The van der Waals surface area contributed by atoms with Crippen LogP contribution >= 0.6 is 0 Å². The normalized spacial score (nSPS) is 10.7. The summed E-state index contributed by atoms with van der Waals surface area (Å²) in [5.41, 5.74) is 0. The summed E-state index contributed by atoms with van der Waals surface area (Å²) in [6.45, 7) is -0.919. The van der Waals surface area contributed by atoms with Crippen LogP contribution in [0, 0.1) is 0 Å². The molecule has 0 aliphatic rings. The first-order valence-corrected chi connectivity index (χ1v) is 5.35. The minimum Gasteiger partial charge on any atom is -0.387 e. The van der Waals surface area contributed by atoms with Gasteiger partial charge in [-0.1, -0.05) is 18.2 Å². The van der Waals surface area contributed by atoms with Crippen LogP contribution in [0.1, 0.15) is 0 Å². The van der Waals surface area contributed by atoms with E-state index in [0.29, 0.717) is 0 Å². The lowest BCUT2D eigenvalue weighted by Gasteiger charge is -2.06. The molecule has 0 saturated heterocycles. The van der Waals surface area contributed by atoms with Gasteiger partial charge in [0, 0.05) is 0 Å². The molecule has 15 heavy (non-hydrogen) atoms. The molecule has 0 aliphatic carbocycles. The number of para-hydroxylation sites is 1. The molecule has 1 aromatic carbocycles. The molecular formula is C8H9NO5S. The lowest BCUT2D eigenvalue weighted by molar-refractivity contribution is -0.122. The highest BCUT2D eigenvalue weighted by Crippen LogP contribution is 2.10. The lowest BCUT2D eigenvalue weighted by atomic mass is 10.3. The first kappa shape index (κ1) is 11.5. The average Bonchev–Trinajstić information content (AvgIpc) is 2.17. The first-order valence-electron chi connectivity index (χ1n) is 3.94. The third kappa shape index (κ3) is 3.96. The van der Waals surface area contributed by atoms with E-state index >= 15 is 0 Å². The Morgan fingerprint density at radius 1 is 1.33 bits per heavy atom. The third-order valence-electron chi connectivity index (χ3n) is 1.33. The van der Waals surface area contributed by atoms with Gasteiger partial charge in [-0.3, -0.25) is 4.79 Å². The molecule has 82 valence electrons. The van der Waals surface area contributed by atoms with Gasteiger partial charge in [-0.25, -0.2) is 4.72 Å². The second-order valence-corrected chi connectivity index (χ2v) is 3.81. The summed E-state index contributed by atoms with van der Waals surface area (Å²) in [6.07, 6.45) is 0. The van der Waals surface area contributed by atoms with Crippen LogP contribution in [0.4, 0.5) is 0 Å². The highest BCUT2D eigenvalue weighted by Gasteiger charge is 2.15. The highest BCUT2D eigenvalue weighted by molar-refractivity contribution is 7.85. The summed E-state index contributed by atoms with van der Waals surface area (Å²) in [5.74, 6) is -0.971. The van der Waals surface area contributed by atoms with Crippen LogP contribution in [0.15, 0.2) is 30.3 Å². The van der Waals surface area contributed by atoms with Gasteiger partial charge in [-0.2, -0.15) is 8.42 Å². The van der Waals surface area contributed by atoms with Gasteiger partial charge in [0.05, 0.1) is 0 Å². The Morgan fingerprint density at radius 3 is 2.47 bits per heavy atom. The molecule has 6 nitrogen and oxygen atoms in total. The van der Waals surface area contributed by atoms with Crippen LogP contribution in [-0.2, 0) is 15.1 Å². The van der Waals surface area contributed by atoms with E-state index in [1.165, 1.54) is 16.9 Å². The Hall–Kier alpha value is -1.60. The number of hydrogen-bond acceptors (Lipinski definition) is 5. The van der Waals surface area contributed by atoms with Crippen molar-refractivity contribution < 1.29 is 22.5 Å². The fourth-order valence-electron chi connectivity index (χ4n) is 0.795. The van der Waals surface area contributed by atoms with Gasteiger partial charge >= 0.3 is 10.3 Å². The van der Waals surface area contributed by atoms with Gasteiger partial charge in [-0.15, -0.1) is 0 Å². The number of carbonyl (C=O) groups excluding carboxylic acids is 1. The zero-order valence-electron chi connectivity index (χ0n) is 7.58. The Bertz CT molecular complexity index is 428. The van der Waals surface area contributed by atoms with E-state index in [4.69, 9.17) is 5.11 Å². The maximum Gasteiger partial charge on any atom is 0.409 e. The Balaban J connectivity index is 2.69. The van der Waals surface area contributed by atoms with Crippen molar-refractivity contribution in [1.82, 2.24) is 4.72 Å². The second-order valence-electron chi connectivity index (χ2n) is 2.53. The van der Waals surface area contributed by atoms with Crippen LogP contribution in [0.2, 0.25) is 0 Å². The van der Waals surface area contributed by atoms with Gasteiger partial charge in [0.25, 0.3) is 5.91 Å². The first-order chi connectivity index (χ1) is 7.03. The number of amides is 1. The van der Waals surface area contributed by atoms with Crippen LogP contribution in [0.5, 0.6) is 5.75 Å². The summed E-state index contributed by atoms with van der Waals surface area (Å²) >= 11 is 0. The van der Waals surface area contributed by atoms with Crippen molar-refractivity contribution in [1.29, 1.82) is 0 Å². The minimum atomic E-state index is -4.21. The van der Waals surface area contributed by atoms with Crippen LogP contribution in [0.25, 0.3) is 0 Å². The van der Waals surface area contributed by atoms with Gasteiger partial charge in [0.15, 0.2) is 0 Å². The number of aliphatic hydroxyl groups excluding tert-OH is 1. The predicted octanol–water partition coefficient (Wildman–Crippen LogP) is -0.581. The monoisotopic (exact) mass is 231 g/mol. The van der Waals surface area contributed by atoms with Gasteiger partial charge in [-0.05, 0) is 12.1 Å². The summed E-state index contributed by atoms with van der Waals surface area (Å²) in [7, 11) is -4.21. The van der Waals surface area contributed by atoms with E-state index in [9.17, 15) is 13.2 Å². The van der Waals surface area contributed by atoms with Crippen molar-refractivity contribution >= 4 is 16.2 Å². The zero-order valence-corrected chi connectivity index (χ0v) is 8.40. The molecule has 2 N–H and O–H groups in total. The number of aliphatic hydroxyl groups is 1. The molecule has 0 aliphatic heterocycles. The van der Waals surface area contributed by atoms with E-state index in [1.54, 1.807) is 18.2 Å². The molecule has 0 fully saturated rings. The fourth-order valence-corrected chi connectivity index (χ4v) is 1.54. The smallest absolute Gasteiger partial charge is 0.387 e. The molecule has 0 aromatic heterocycles. The van der Waals surface area contributed by atoms with Gasteiger partial charge < -0.3 is 9.29 Å². The molecule has 0 unspecified atom stereocenters. The van der Waals surface area contributed by atoms with Crippen molar-refractivity contribution in [2.24, 2.45) is 0 Å². The highest BCUT2D eigenvalue weighted by atomic mass is 32.2. The quantitative estimate of drug-likeness (QED) is 0.723. The van der Waals surface area contributed by atoms with E-state index in [-0.39, 0.29) is 5.75 Å². The van der Waals surface area contributed by atoms with E-state index in [1.807, 2.05) is 0 Å². The molecule has 0 saturated carbocycles. The lowest BCUT2D eigenvalue weighted by Crippen LogP contribution is -2.35. The Labute approximate surface area is 86.8 Å². The number of rotatable bonds is 4. The number of benzene rings is 1. The molecule has 0 bridgehead atoms. The Kier molecular flexibility index (Phi) is 3.64. The van der Waals surface area contributed by atoms with Crippen LogP contribution in [-0.4, -0.2) is 26.0 Å². The zero-order chi connectivity index (χ0) is 11.3. The third-order valence-corrected chi connectivity index (χ3v) is 2.22. The molecule has 7 heteroatoms. The van der Waals surface area contributed by atoms with Gasteiger partial charge in [0.1, 0.15) is 12.4 Å². The van der Waals surface area contributed by atoms with Crippen molar-refractivity contribution in [3.05, 3.63) is 30.3 Å².